The third-order valence-electron chi connectivity index (χ3n) is 5.00. The Bertz CT molecular complexity index is 1310. The molecule has 3 aromatic carbocycles. The fourth-order valence-corrected chi connectivity index (χ4v) is 5.16. The summed E-state index contributed by atoms with van der Waals surface area (Å²) in [5, 5.41) is 12.0. The maximum Gasteiger partial charge on any atom is 0.239 e. The number of anilines is 3. The van der Waals surface area contributed by atoms with Gasteiger partial charge in [-0.1, -0.05) is 24.3 Å². The Morgan fingerprint density at radius 3 is 2.47 bits per heavy atom. The van der Waals surface area contributed by atoms with E-state index in [0.717, 1.165) is 33.3 Å². The first-order valence-corrected chi connectivity index (χ1v) is 13.6. The number of benzene rings is 3. The maximum atomic E-state index is 12.8. The molecule has 6 nitrogen and oxygen atoms in total. The van der Waals surface area contributed by atoms with Crippen molar-refractivity contribution in [3.63, 3.8) is 0 Å². The Kier molecular flexibility index (Phi) is 8.94. The maximum absolute atomic E-state index is 12.8. The van der Waals surface area contributed by atoms with Crippen LogP contribution < -0.4 is 20.7 Å². The number of thiazole rings is 1. The first kappa shape index (κ1) is 25.7. The van der Waals surface area contributed by atoms with Gasteiger partial charge >= 0.3 is 0 Å². The van der Waals surface area contributed by atoms with Gasteiger partial charge < -0.3 is 20.7 Å². The molecule has 0 saturated heterocycles. The summed E-state index contributed by atoms with van der Waals surface area (Å²) in [5.41, 5.74) is 3.55. The lowest BCUT2D eigenvalue weighted by atomic mass is 10.2. The summed E-state index contributed by atoms with van der Waals surface area (Å²) in [6, 6.07) is 25.3. The molecule has 0 spiro atoms. The van der Waals surface area contributed by atoms with Crippen molar-refractivity contribution in [1.82, 2.24) is 4.98 Å². The smallest absolute Gasteiger partial charge is 0.239 e. The molecule has 1 heterocycles. The van der Waals surface area contributed by atoms with Crippen molar-refractivity contribution in [3.8, 4) is 17.0 Å². The normalized spacial score (nSPS) is 11.4. The minimum Gasteiger partial charge on any atom is -0.494 e. The molecule has 1 amide bonds. The molecule has 0 radical (unpaired) electrons. The molecule has 1 unspecified atom stereocenters. The number of rotatable bonds is 9. The van der Waals surface area contributed by atoms with E-state index in [1.165, 1.54) is 23.1 Å². The molecule has 1 atom stereocenters. The Hall–Kier alpha value is -3.40. The van der Waals surface area contributed by atoms with E-state index in [1.807, 2.05) is 98.1 Å². The summed E-state index contributed by atoms with van der Waals surface area (Å²) < 4.78 is 5.49. The van der Waals surface area contributed by atoms with Crippen molar-refractivity contribution in [2.75, 3.05) is 22.6 Å². The van der Waals surface area contributed by atoms with E-state index in [-0.39, 0.29) is 11.2 Å². The molecule has 0 aliphatic carbocycles. The number of carbonyl (C=O) groups is 1. The molecule has 0 fully saturated rings. The number of carbonyl (C=O) groups excluding carboxylic acids is 1. The van der Waals surface area contributed by atoms with E-state index >= 15 is 0 Å². The summed E-state index contributed by atoms with van der Waals surface area (Å²) in [6.07, 6.45) is 0. The van der Waals surface area contributed by atoms with Crippen LogP contribution in [0.15, 0.2) is 89.1 Å². The van der Waals surface area contributed by atoms with Gasteiger partial charge in [-0.15, -0.1) is 23.1 Å². The predicted octanol–water partition coefficient (Wildman–Crippen LogP) is 7.14. The number of hydrogen-bond acceptors (Lipinski definition) is 6. The quantitative estimate of drug-likeness (QED) is 0.156. The highest BCUT2D eigenvalue weighted by Crippen LogP contribution is 2.29. The van der Waals surface area contributed by atoms with Crippen LogP contribution in [0.5, 0.6) is 5.75 Å². The standard InChI is InChI=1S/C27H26N4O2S3/c1-3-33-22-14-12-19(13-15-22)24-17-35-27(30-24)31-25(32)18(2)36-23-11-7-10-21(16-23)29-26(34)28-20-8-5-4-6-9-20/h4-18H,3H2,1-2H3,(H2,28,29,34)(H,30,31,32). The van der Waals surface area contributed by atoms with Gasteiger partial charge in [0.1, 0.15) is 5.75 Å². The highest BCUT2D eigenvalue weighted by Gasteiger charge is 2.17. The van der Waals surface area contributed by atoms with Gasteiger partial charge in [0.05, 0.1) is 17.6 Å². The van der Waals surface area contributed by atoms with Crippen LogP contribution in [0.25, 0.3) is 11.3 Å². The molecule has 0 saturated carbocycles. The summed E-state index contributed by atoms with van der Waals surface area (Å²) in [5.74, 6) is 0.719. The highest BCUT2D eigenvalue weighted by atomic mass is 32.2. The molecule has 0 aliphatic rings. The minimum absolute atomic E-state index is 0.104. The second kappa shape index (κ2) is 12.5. The Morgan fingerprint density at radius 1 is 1.00 bits per heavy atom. The van der Waals surface area contributed by atoms with Crippen molar-refractivity contribution in [2.45, 2.75) is 24.0 Å². The Labute approximate surface area is 224 Å². The average Bonchev–Trinajstić information content (AvgIpc) is 3.34. The van der Waals surface area contributed by atoms with Gasteiger partial charge in [0.15, 0.2) is 10.2 Å². The lowest BCUT2D eigenvalue weighted by Crippen LogP contribution is -2.22. The molecule has 184 valence electrons. The fraction of sp³-hybridized carbons (Fsp3) is 0.148. The SMILES string of the molecule is CCOc1ccc(-c2csc(NC(=O)C(C)Sc3cccc(NC(=S)Nc4ccccc4)c3)n2)cc1. The van der Waals surface area contributed by atoms with Crippen LogP contribution in [0.1, 0.15) is 13.8 Å². The summed E-state index contributed by atoms with van der Waals surface area (Å²) in [7, 11) is 0. The van der Waals surface area contributed by atoms with Gasteiger partial charge in [0, 0.05) is 27.2 Å². The topological polar surface area (TPSA) is 75.3 Å². The first-order chi connectivity index (χ1) is 17.5. The largest absolute Gasteiger partial charge is 0.494 e. The zero-order valence-electron chi connectivity index (χ0n) is 19.9. The molecular weight excluding hydrogens is 509 g/mol. The van der Waals surface area contributed by atoms with Crippen molar-refractivity contribution in [1.29, 1.82) is 0 Å². The summed E-state index contributed by atoms with van der Waals surface area (Å²) >= 11 is 8.29. The number of thioether (sulfide) groups is 1. The second-order valence-corrected chi connectivity index (χ2v) is 10.4. The van der Waals surface area contributed by atoms with Crippen molar-refractivity contribution < 1.29 is 9.53 Å². The van der Waals surface area contributed by atoms with Crippen LogP contribution in [0, 0.1) is 0 Å². The van der Waals surface area contributed by atoms with Crippen LogP contribution in [0.4, 0.5) is 16.5 Å². The van der Waals surface area contributed by atoms with Crippen LogP contribution >= 0.6 is 35.3 Å². The zero-order chi connectivity index (χ0) is 25.3. The van der Waals surface area contributed by atoms with Crippen LogP contribution in [-0.2, 0) is 4.79 Å². The molecule has 4 rings (SSSR count). The number of aromatic nitrogens is 1. The Morgan fingerprint density at radius 2 is 1.72 bits per heavy atom. The third-order valence-corrected chi connectivity index (χ3v) is 7.06. The Balaban J connectivity index is 1.31. The molecule has 9 heteroatoms. The predicted molar refractivity (Wildman–Crippen MR) is 155 cm³/mol. The monoisotopic (exact) mass is 534 g/mol. The van der Waals surface area contributed by atoms with E-state index in [0.29, 0.717) is 16.9 Å². The minimum atomic E-state index is -0.313. The first-order valence-electron chi connectivity index (χ1n) is 11.4. The van der Waals surface area contributed by atoms with Crippen molar-refractivity contribution in [2.24, 2.45) is 0 Å². The number of para-hydroxylation sites is 1. The second-order valence-electron chi connectivity index (χ2n) is 7.72. The average molecular weight is 535 g/mol. The van der Waals surface area contributed by atoms with Gasteiger partial charge in [0.2, 0.25) is 5.91 Å². The molecule has 36 heavy (non-hydrogen) atoms. The van der Waals surface area contributed by atoms with Gasteiger partial charge in [-0.2, -0.15) is 0 Å². The zero-order valence-corrected chi connectivity index (χ0v) is 22.3. The highest BCUT2D eigenvalue weighted by molar-refractivity contribution is 8.00. The van der Waals surface area contributed by atoms with E-state index < -0.39 is 0 Å². The van der Waals surface area contributed by atoms with E-state index in [9.17, 15) is 4.79 Å². The fourth-order valence-electron chi connectivity index (χ4n) is 3.28. The third kappa shape index (κ3) is 7.30. The summed E-state index contributed by atoms with van der Waals surface area (Å²) in [4.78, 5) is 18.3. The number of ether oxygens (including phenoxy) is 1. The van der Waals surface area contributed by atoms with Crippen LogP contribution in [0.3, 0.4) is 0 Å². The van der Waals surface area contributed by atoms with Gasteiger partial charge in [0.25, 0.3) is 0 Å². The molecular formula is C27H26N4O2S3. The van der Waals surface area contributed by atoms with Crippen LogP contribution in [-0.4, -0.2) is 27.9 Å². The van der Waals surface area contributed by atoms with Gasteiger partial charge in [-0.25, -0.2) is 4.98 Å². The lowest BCUT2D eigenvalue weighted by molar-refractivity contribution is -0.115. The van der Waals surface area contributed by atoms with E-state index in [1.54, 1.807) is 0 Å². The molecule has 0 aliphatic heterocycles. The number of nitrogens with one attached hydrogen (secondary N) is 3. The number of nitrogens with zero attached hydrogens (tertiary/aromatic N) is 1. The van der Waals surface area contributed by atoms with Gasteiger partial charge in [-0.05, 0) is 80.7 Å². The number of thiocarbonyl (C=S) groups is 1. The van der Waals surface area contributed by atoms with Crippen LogP contribution in [0.2, 0.25) is 0 Å². The molecule has 1 aromatic heterocycles. The van der Waals surface area contributed by atoms with E-state index in [2.05, 4.69) is 20.9 Å². The van der Waals surface area contributed by atoms with Crippen molar-refractivity contribution in [3.05, 3.63) is 84.2 Å². The number of hydrogen-bond donors (Lipinski definition) is 3. The van der Waals surface area contributed by atoms with Crippen molar-refractivity contribution >= 4 is 62.8 Å². The molecule has 3 N–H and O–H groups in total. The molecule has 4 aromatic rings. The lowest BCUT2D eigenvalue weighted by Gasteiger charge is -2.13. The van der Waals surface area contributed by atoms with Gasteiger partial charge in [-0.3, -0.25) is 4.79 Å². The summed E-state index contributed by atoms with van der Waals surface area (Å²) in [6.45, 7) is 4.46. The van der Waals surface area contributed by atoms with E-state index in [4.69, 9.17) is 17.0 Å². The molecule has 0 bridgehead atoms. The number of amides is 1.